The number of aliphatic imine (C=N–C) groups is 1. The summed E-state index contributed by atoms with van der Waals surface area (Å²) in [6.45, 7) is 1.99. The zero-order chi connectivity index (χ0) is 14.5. The molecule has 0 fully saturated rings. The quantitative estimate of drug-likeness (QED) is 0.482. The molecule has 0 saturated carbocycles. The van der Waals surface area contributed by atoms with Crippen molar-refractivity contribution in [2.75, 3.05) is 11.9 Å². The van der Waals surface area contributed by atoms with Gasteiger partial charge in [-0.2, -0.15) is 0 Å². The van der Waals surface area contributed by atoms with E-state index >= 15 is 0 Å². The molecule has 1 radical (unpaired) electrons. The van der Waals surface area contributed by atoms with Crippen LogP contribution in [-0.2, 0) is 0 Å². The molecule has 0 heterocycles. The van der Waals surface area contributed by atoms with Crippen molar-refractivity contribution in [3.05, 3.63) is 65.7 Å². The summed E-state index contributed by atoms with van der Waals surface area (Å²) in [7, 11) is 1.87. The van der Waals surface area contributed by atoms with Crippen molar-refractivity contribution < 1.29 is 4.79 Å². The minimum absolute atomic E-state index is 0.249. The molecule has 4 heteroatoms. The van der Waals surface area contributed by atoms with Gasteiger partial charge in [-0.05, 0) is 0 Å². The summed E-state index contributed by atoms with van der Waals surface area (Å²) in [4.78, 5) is 18.0. The van der Waals surface area contributed by atoms with Gasteiger partial charge in [0, 0.05) is 0 Å². The molecule has 2 aromatic carbocycles. The Morgan fingerprint density at radius 2 is 1.65 bits per heavy atom. The first-order chi connectivity index (χ1) is 9.58. The van der Waals surface area contributed by atoms with E-state index in [2.05, 4.69) is 21.0 Å². The van der Waals surface area contributed by atoms with Crippen LogP contribution in [0.4, 0.5) is 5.69 Å². The van der Waals surface area contributed by atoms with Crippen LogP contribution in [0.5, 0.6) is 0 Å². The summed E-state index contributed by atoms with van der Waals surface area (Å²) in [6, 6.07) is 17.2. The van der Waals surface area contributed by atoms with Crippen LogP contribution in [0.1, 0.15) is 15.9 Å². The molecular formula is C16H15N2OSe. The second-order valence-electron chi connectivity index (χ2n) is 4.46. The van der Waals surface area contributed by atoms with Crippen LogP contribution in [0.2, 0.25) is 0 Å². The molecule has 0 aromatic heterocycles. The first-order valence-corrected chi connectivity index (χ1v) is 7.09. The number of carbonyl (C=O) groups excluding carboxylic acids is 1. The van der Waals surface area contributed by atoms with Gasteiger partial charge in [0.1, 0.15) is 0 Å². The third-order valence-electron chi connectivity index (χ3n) is 2.93. The predicted molar refractivity (Wildman–Crippen MR) is 83.5 cm³/mol. The molecule has 0 aliphatic heterocycles. The normalized spacial score (nSPS) is 11.2. The Morgan fingerprint density at radius 1 is 1.05 bits per heavy atom. The number of hydrogen-bond acceptors (Lipinski definition) is 1. The number of carbonyl (C=O) groups is 1. The van der Waals surface area contributed by atoms with E-state index < -0.39 is 0 Å². The van der Waals surface area contributed by atoms with E-state index in [4.69, 9.17) is 0 Å². The monoisotopic (exact) mass is 331 g/mol. The van der Waals surface area contributed by atoms with E-state index in [1.807, 2.05) is 61.3 Å². The molecule has 0 N–H and O–H groups in total. The van der Waals surface area contributed by atoms with Crippen molar-refractivity contribution in [2.45, 2.75) is 6.92 Å². The summed E-state index contributed by atoms with van der Waals surface area (Å²) < 4.78 is 0.543. The molecule has 0 aliphatic carbocycles. The fourth-order valence-electron chi connectivity index (χ4n) is 1.68. The fourth-order valence-corrected chi connectivity index (χ4v) is 2.08. The standard InChI is InChI=1S/C16H15N2OSe/c1-12-8-10-13(11-9-12)15(19)17-16(20)18(2)14-6-4-3-5-7-14/h3-11H,1-2H3. The van der Waals surface area contributed by atoms with Crippen LogP contribution in [0, 0.1) is 6.92 Å². The molecule has 2 rings (SSSR count). The van der Waals surface area contributed by atoms with Crippen LogP contribution < -0.4 is 4.90 Å². The van der Waals surface area contributed by atoms with Crippen LogP contribution in [0.3, 0.4) is 0 Å². The van der Waals surface area contributed by atoms with Gasteiger partial charge in [0.25, 0.3) is 0 Å². The van der Waals surface area contributed by atoms with Crippen molar-refractivity contribution in [3.8, 4) is 0 Å². The Balaban J connectivity index is 2.17. The van der Waals surface area contributed by atoms with Crippen molar-refractivity contribution in [3.63, 3.8) is 0 Å². The van der Waals surface area contributed by atoms with Crippen molar-refractivity contribution in [1.82, 2.24) is 0 Å². The maximum absolute atomic E-state index is 12.1. The van der Waals surface area contributed by atoms with E-state index in [0.29, 0.717) is 10.3 Å². The fraction of sp³-hybridized carbons (Fsp3) is 0.125. The third-order valence-corrected chi connectivity index (χ3v) is 3.69. The molecule has 3 nitrogen and oxygen atoms in total. The molecule has 0 spiro atoms. The number of anilines is 1. The Bertz CT molecular complexity index is 621. The van der Waals surface area contributed by atoms with E-state index in [9.17, 15) is 4.79 Å². The topological polar surface area (TPSA) is 32.7 Å². The molecular weight excluding hydrogens is 315 g/mol. The summed E-state index contributed by atoms with van der Waals surface area (Å²) >= 11 is 2.84. The molecule has 0 atom stereocenters. The summed E-state index contributed by atoms with van der Waals surface area (Å²) in [6.07, 6.45) is 0. The van der Waals surface area contributed by atoms with Gasteiger partial charge in [-0.25, -0.2) is 0 Å². The molecule has 20 heavy (non-hydrogen) atoms. The average molecular weight is 330 g/mol. The van der Waals surface area contributed by atoms with Crippen molar-refractivity contribution in [2.24, 2.45) is 4.99 Å². The van der Waals surface area contributed by atoms with Crippen LogP contribution in [0.15, 0.2) is 59.6 Å². The number of para-hydroxylation sites is 1. The van der Waals surface area contributed by atoms with Gasteiger partial charge in [-0.3, -0.25) is 0 Å². The Morgan fingerprint density at radius 3 is 2.25 bits per heavy atom. The average Bonchev–Trinajstić information content (AvgIpc) is 2.48. The SMILES string of the molecule is Cc1ccc(C(=O)N=C([Se])N(C)c2ccccc2)cc1. The van der Waals surface area contributed by atoms with E-state index in [-0.39, 0.29) is 5.91 Å². The van der Waals surface area contributed by atoms with Gasteiger partial charge in [0.05, 0.1) is 0 Å². The second kappa shape index (κ2) is 6.51. The summed E-state index contributed by atoms with van der Waals surface area (Å²) in [5, 5.41) is 0. The number of aryl methyl sites for hydroxylation is 1. The molecule has 0 aliphatic rings. The van der Waals surface area contributed by atoms with E-state index in [1.165, 1.54) is 0 Å². The second-order valence-corrected chi connectivity index (χ2v) is 5.23. The van der Waals surface area contributed by atoms with E-state index in [1.54, 1.807) is 12.1 Å². The van der Waals surface area contributed by atoms with Crippen molar-refractivity contribution >= 4 is 32.3 Å². The molecule has 0 saturated heterocycles. The summed E-state index contributed by atoms with van der Waals surface area (Å²) in [5.74, 6) is -0.249. The minimum atomic E-state index is -0.249. The molecule has 101 valence electrons. The van der Waals surface area contributed by atoms with Gasteiger partial charge >= 0.3 is 127 Å². The first-order valence-electron chi connectivity index (χ1n) is 6.23. The Kier molecular flexibility index (Phi) is 4.72. The van der Waals surface area contributed by atoms with Crippen LogP contribution in [-0.4, -0.2) is 33.7 Å². The Labute approximate surface area is 127 Å². The number of nitrogens with zero attached hydrogens (tertiary/aromatic N) is 2. The first kappa shape index (κ1) is 14.5. The van der Waals surface area contributed by atoms with Gasteiger partial charge in [0.15, 0.2) is 0 Å². The number of hydrogen-bond donors (Lipinski definition) is 0. The molecule has 1 amide bonds. The van der Waals surface area contributed by atoms with E-state index in [0.717, 1.165) is 11.3 Å². The van der Waals surface area contributed by atoms with Gasteiger partial charge in [-0.15, -0.1) is 0 Å². The summed E-state index contributed by atoms with van der Waals surface area (Å²) in [5.41, 5.74) is 2.68. The van der Waals surface area contributed by atoms with Gasteiger partial charge in [-0.1, -0.05) is 0 Å². The number of amides is 1. The molecule has 0 bridgehead atoms. The maximum atomic E-state index is 12.1. The molecule has 0 unspecified atom stereocenters. The van der Waals surface area contributed by atoms with Crippen molar-refractivity contribution in [1.29, 1.82) is 0 Å². The zero-order valence-corrected chi connectivity index (χ0v) is 13.1. The van der Waals surface area contributed by atoms with Crippen LogP contribution >= 0.6 is 0 Å². The van der Waals surface area contributed by atoms with Gasteiger partial charge in [0.2, 0.25) is 0 Å². The van der Waals surface area contributed by atoms with Gasteiger partial charge < -0.3 is 0 Å². The Hall–Kier alpha value is -1.90. The number of amidine groups is 1. The number of rotatable bonds is 2. The predicted octanol–water partition coefficient (Wildman–Crippen LogP) is 2.80. The van der Waals surface area contributed by atoms with Crippen LogP contribution in [0.25, 0.3) is 0 Å². The molecule has 2 aromatic rings. The number of benzene rings is 2. The third kappa shape index (κ3) is 3.56. The zero-order valence-electron chi connectivity index (χ0n) is 11.4.